The van der Waals surface area contributed by atoms with Crippen LogP contribution in [0.1, 0.15) is 35.0 Å². The maximum absolute atomic E-state index is 10.8. The zero-order valence-corrected chi connectivity index (χ0v) is 20.4. The Bertz CT molecular complexity index is 955. The van der Waals surface area contributed by atoms with Crippen LogP contribution in [0.2, 0.25) is 0 Å². The van der Waals surface area contributed by atoms with Crippen molar-refractivity contribution in [1.82, 2.24) is 15.0 Å². The normalized spacial score (nSPS) is 9.55. The monoisotopic (exact) mass is 440 g/mol. The van der Waals surface area contributed by atoms with Gasteiger partial charge in [-0.1, -0.05) is 6.07 Å². The van der Waals surface area contributed by atoms with Crippen molar-refractivity contribution in [1.29, 1.82) is 0 Å². The number of methoxy groups -OCH3 is 1. The summed E-state index contributed by atoms with van der Waals surface area (Å²) in [5, 5.41) is 2.64. The SMILES string of the molecule is COc1ncc(C)cc1NC(C)=O.CSc1cc(C)cnc1C.Cc1ccc(C)nc1. The molecule has 166 valence electrons. The third-order valence-electron chi connectivity index (χ3n) is 3.95. The molecule has 3 aromatic rings. The summed E-state index contributed by atoms with van der Waals surface area (Å²) >= 11 is 1.75. The third kappa shape index (κ3) is 10.1. The van der Waals surface area contributed by atoms with Crippen molar-refractivity contribution in [3.63, 3.8) is 0 Å². The molecule has 0 fully saturated rings. The minimum atomic E-state index is -0.134. The van der Waals surface area contributed by atoms with Crippen molar-refractivity contribution < 1.29 is 9.53 Å². The summed E-state index contributed by atoms with van der Waals surface area (Å²) in [5.74, 6) is 0.298. The number of ether oxygens (including phenoxy) is 1. The predicted molar refractivity (Wildman–Crippen MR) is 129 cm³/mol. The number of aromatic nitrogens is 3. The molecule has 0 unspecified atom stereocenters. The maximum atomic E-state index is 10.8. The lowest BCUT2D eigenvalue weighted by Gasteiger charge is -2.07. The second-order valence-electron chi connectivity index (χ2n) is 7.03. The smallest absolute Gasteiger partial charge is 0.237 e. The zero-order chi connectivity index (χ0) is 23.4. The van der Waals surface area contributed by atoms with E-state index < -0.39 is 0 Å². The highest BCUT2D eigenvalue weighted by Gasteiger charge is 2.05. The van der Waals surface area contributed by atoms with Crippen LogP contribution in [0.15, 0.2) is 47.8 Å². The standard InChI is InChI=1S/C9H12N2O2.C8H11NS.C7H9N/c1-6-4-8(11-7(2)12)9(13-3)10-5-6;1-6-4-8(10-3)7(2)9-5-6;1-6-3-4-7(2)8-5-6/h4-5H,1-3H3,(H,11,12);4-5H,1-3H3;3-5H,1-2H3. The summed E-state index contributed by atoms with van der Waals surface area (Å²) in [5.41, 5.74) is 6.24. The van der Waals surface area contributed by atoms with Gasteiger partial charge < -0.3 is 10.1 Å². The van der Waals surface area contributed by atoms with Gasteiger partial charge in [-0.2, -0.15) is 0 Å². The molecule has 0 saturated heterocycles. The molecule has 0 spiro atoms. The molecule has 0 radical (unpaired) electrons. The molecule has 3 aromatic heterocycles. The minimum absolute atomic E-state index is 0.134. The highest BCUT2D eigenvalue weighted by atomic mass is 32.2. The number of anilines is 1. The van der Waals surface area contributed by atoms with Crippen molar-refractivity contribution in [2.75, 3.05) is 18.7 Å². The van der Waals surface area contributed by atoms with Crippen LogP contribution < -0.4 is 10.1 Å². The van der Waals surface area contributed by atoms with Crippen LogP contribution in [0.4, 0.5) is 5.69 Å². The summed E-state index contributed by atoms with van der Waals surface area (Å²) < 4.78 is 4.98. The fourth-order valence-corrected chi connectivity index (χ4v) is 3.01. The van der Waals surface area contributed by atoms with Gasteiger partial charge in [-0.15, -0.1) is 11.8 Å². The van der Waals surface area contributed by atoms with Gasteiger partial charge in [-0.25, -0.2) is 4.98 Å². The first kappa shape index (κ1) is 26.1. The largest absolute Gasteiger partial charge is 0.480 e. The molecule has 0 saturated carbocycles. The van der Waals surface area contributed by atoms with E-state index in [-0.39, 0.29) is 5.91 Å². The number of thioether (sulfide) groups is 1. The first-order valence-corrected chi connectivity index (χ1v) is 11.0. The van der Waals surface area contributed by atoms with Gasteiger partial charge >= 0.3 is 0 Å². The summed E-state index contributed by atoms with van der Waals surface area (Å²) in [6, 6.07) is 8.04. The van der Waals surface area contributed by atoms with Gasteiger partial charge in [0.2, 0.25) is 11.8 Å². The van der Waals surface area contributed by atoms with E-state index in [1.807, 2.05) is 52.2 Å². The van der Waals surface area contributed by atoms with Crippen LogP contribution in [-0.4, -0.2) is 34.2 Å². The molecule has 7 heteroatoms. The van der Waals surface area contributed by atoms with E-state index in [1.54, 1.807) is 18.0 Å². The van der Waals surface area contributed by atoms with Crippen LogP contribution in [0.25, 0.3) is 0 Å². The highest BCUT2D eigenvalue weighted by Crippen LogP contribution is 2.21. The second kappa shape index (κ2) is 13.4. The fourth-order valence-electron chi connectivity index (χ4n) is 2.36. The average Bonchev–Trinajstić information content (AvgIpc) is 2.73. The van der Waals surface area contributed by atoms with Crippen molar-refractivity contribution in [3.05, 3.63) is 70.9 Å². The summed E-state index contributed by atoms with van der Waals surface area (Å²) in [6.07, 6.45) is 7.53. The van der Waals surface area contributed by atoms with E-state index in [4.69, 9.17) is 4.74 Å². The Morgan fingerprint density at radius 1 is 0.903 bits per heavy atom. The quantitative estimate of drug-likeness (QED) is 0.544. The van der Waals surface area contributed by atoms with Gasteiger partial charge in [0.1, 0.15) is 5.69 Å². The van der Waals surface area contributed by atoms with Crippen LogP contribution in [-0.2, 0) is 4.79 Å². The van der Waals surface area contributed by atoms with Crippen molar-refractivity contribution in [3.8, 4) is 5.88 Å². The Morgan fingerprint density at radius 2 is 1.52 bits per heavy atom. The van der Waals surface area contributed by atoms with E-state index in [1.165, 1.54) is 30.1 Å². The molecule has 1 amide bonds. The van der Waals surface area contributed by atoms with Crippen LogP contribution in [0, 0.1) is 34.6 Å². The average molecular weight is 441 g/mol. The fraction of sp³-hybridized carbons (Fsp3) is 0.333. The Balaban J connectivity index is 0.000000240. The molecule has 31 heavy (non-hydrogen) atoms. The van der Waals surface area contributed by atoms with Gasteiger partial charge in [-0.3, -0.25) is 14.8 Å². The molecule has 6 nitrogen and oxygen atoms in total. The Morgan fingerprint density at radius 3 is 2.00 bits per heavy atom. The molecule has 0 bridgehead atoms. The van der Waals surface area contributed by atoms with Crippen LogP contribution >= 0.6 is 11.8 Å². The van der Waals surface area contributed by atoms with Crippen LogP contribution in [0.5, 0.6) is 5.88 Å². The summed E-state index contributed by atoms with van der Waals surface area (Å²) in [4.78, 5) is 24.4. The number of aryl methyl sites for hydroxylation is 5. The molecule has 0 aliphatic heterocycles. The van der Waals surface area contributed by atoms with Gasteiger partial charge in [0.05, 0.1) is 12.8 Å². The Labute approximate surface area is 189 Å². The Hall–Kier alpha value is -2.93. The first-order valence-electron chi connectivity index (χ1n) is 9.81. The number of nitrogens with zero attached hydrogens (tertiary/aromatic N) is 3. The number of hydrogen-bond acceptors (Lipinski definition) is 6. The third-order valence-corrected chi connectivity index (χ3v) is 4.80. The van der Waals surface area contributed by atoms with E-state index in [0.29, 0.717) is 11.6 Å². The lowest BCUT2D eigenvalue weighted by molar-refractivity contribution is -0.114. The predicted octanol–water partition coefficient (Wildman–Crippen LogP) is 5.48. The molecule has 0 aromatic carbocycles. The molecular formula is C24H32N4O2S. The molecule has 0 atom stereocenters. The lowest BCUT2D eigenvalue weighted by atomic mass is 10.3. The second-order valence-corrected chi connectivity index (χ2v) is 7.88. The van der Waals surface area contributed by atoms with Crippen molar-refractivity contribution >= 4 is 23.4 Å². The topological polar surface area (TPSA) is 77.0 Å². The van der Waals surface area contributed by atoms with Crippen molar-refractivity contribution in [2.24, 2.45) is 0 Å². The number of amides is 1. The maximum Gasteiger partial charge on any atom is 0.237 e. The molecule has 0 aliphatic carbocycles. The molecule has 1 N–H and O–H groups in total. The zero-order valence-electron chi connectivity index (χ0n) is 19.6. The van der Waals surface area contributed by atoms with E-state index in [0.717, 1.165) is 17.0 Å². The van der Waals surface area contributed by atoms with E-state index in [9.17, 15) is 4.79 Å². The first-order chi connectivity index (χ1) is 14.7. The van der Waals surface area contributed by atoms with Crippen molar-refractivity contribution in [2.45, 2.75) is 46.4 Å². The number of carbonyl (C=O) groups excluding carboxylic acids is 1. The van der Waals surface area contributed by atoms with Gasteiger partial charge in [0.15, 0.2) is 0 Å². The summed E-state index contributed by atoms with van der Waals surface area (Å²) in [7, 11) is 1.52. The van der Waals surface area contributed by atoms with E-state index in [2.05, 4.69) is 45.6 Å². The molecular weight excluding hydrogens is 408 g/mol. The van der Waals surface area contributed by atoms with Gasteiger partial charge in [0, 0.05) is 36.1 Å². The molecule has 3 heterocycles. The van der Waals surface area contributed by atoms with E-state index >= 15 is 0 Å². The molecule has 3 rings (SSSR count). The van der Waals surface area contributed by atoms with Crippen LogP contribution in [0.3, 0.4) is 0 Å². The van der Waals surface area contributed by atoms with Gasteiger partial charge in [0.25, 0.3) is 0 Å². The number of hydrogen-bond donors (Lipinski definition) is 1. The highest BCUT2D eigenvalue weighted by molar-refractivity contribution is 7.98. The lowest BCUT2D eigenvalue weighted by Crippen LogP contribution is -2.08. The Kier molecular flexibility index (Phi) is 11.3. The number of carbonyl (C=O) groups is 1. The molecule has 0 aliphatic rings. The number of nitrogens with one attached hydrogen (secondary N) is 1. The number of pyridine rings is 3. The number of rotatable bonds is 3. The minimum Gasteiger partial charge on any atom is -0.480 e. The van der Waals surface area contributed by atoms with Gasteiger partial charge in [-0.05, 0) is 75.8 Å². The summed E-state index contributed by atoms with van der Waals surface area (Å²) in [6.45, 7) is 11.5.